The van der Waals surface area contributed by atoms with Crippen molar-refractivity contribution in [2.24, 2.45) is 5.92 Å². The molecule has 5 nitrogen and oxygen atoms in total. The lowest BCUT2D eigenvalue weighted by Crippen LogP contribution is -2.47. The van der Waals surface area contributed by atoms with Crippen LogP contribution in [0.25, 0.3) is 6.08 Å². The second-order valence-electron chi connectivity index (χ2n) is 6.78. The first-order valence-corrected chi connectivity index (χ1v) is 8.74. The highest BCUT2D eigenvalue weighted by atomic mass is 16.5. The maximum atomic E-state index is 13.0. The fourth-order valence-electron chi connectivity index (χ4n) is 3.43. The van der Waals surface area contributed by atoms with E-state index in [0.717, 1.165) is 43.5 Å². The molecule has 1 aliphatic carbocycles. The highest BCUT2D eigenvalue weighted by Gasteiger charge is 2.41. The van der Waals surface area contributed by atoms with Gasteiger partial charge in [-0.15, -0.1) is 0 Å². The Bertz CT molecular complexity index is 688. The smallest absolute Gasteiger partial charge is 0.260 e. The molecule has 1 aromatic carbocycles. The van der Waals surface area contributed by atoms with Crippen molar-refractivity contribution in [1.29, 1.82) is 0 Å². The third-order valence-corrected chi connectivity index (χ3v) is 4.92. The summed E-state index contributed by atoms with van der Waals surface area (Å²) >= 11 is 0. The zero-order chi connectivity index (χ0) is 16.5. The Balaban J connectivity index is 1.57. The average Bonchev–Trinajstić information content (AvgIpc) is 3.47. The number of fused-ring (bicyclic) bond motifs is 1. The molecule has 0 aromatic heterocycles. The number of carbonyl (C=O) groups excluding carboxylic acids is 2. The minimum atomic E-state index is -0.178. The number of hydrogen-bond donors (Lipinski definition) is 1. The van der Waals surface area contributed by atoms with Gasteiger partial charge in [0, 0.05) is 18.2 Å². The van der Waals surface area contributed by atoms with Gasteiger partial charge in [-0.05, 0) is 44.4 Å². The van der Waals surface area contributed by atoms with Crippen molar-refractivity contribution in [3.63, 3.8) is 0 Å². The van der Waals surface area contributed by atoms with Crippen molar-refractivity contribution in [3.8, 4) is 5.75 Å². The predicted molar refractivity (Wildman–Crippen MR) is 90.4 cm³/mol. The predicted octanol–water partition coefficient (Wildman–Crippen LogP) is 1.98. The lowest BCUT2D eigenvalue weighted by atomic mass is 9.97. The van der Waals surface area contributed by atoms with Crippen LogP contribution in [0.3, 0.4) is 0 Å². The number of carbonyl (C=O) groups is 2. The second kappa shape index (κ2) is 6.40. The van der Waals surface area contributed by atoms with Gasteiger partial charge >= 0.3 is 0 Å². The first-order chi connectivity index (χ1) is 11.7. The minimum absolute atomic E-state index is 0.0190. The van der Waals surface area contributed by atoms with E-state index in [-0.39, 0.29) is 30.4 Å². The maximum absolute atomic E-state index is 13.0. The molecule has 0 spiro atoms. The number of amides is 2. The SMILES string of the molecule is O=C(C1=Cc2ccccc2OC1)N(C(=O)C1CCCNC1)C1CC1. The molecule has 4 rings (SSSR count). The number of nitrogens with one attached hydrogen (secondary N) is 1. The van der Waals surface area contributed by atoms with Crippen molar-refractivity contribution in [3.05, 3.63) is 35.4 Å². The number of benzene rings is 1. The van der Waals surface area contributed by atoms with Crippen LogP contribution in [0.2, 0.25) is 0 Å². The second-order valence-corrected chi connectivity index (χ2v) is 6.78. The summed E-state index contributed by atoms with van der Waals surface area (Å²) in [4.78, 5) is 27.4. The van der Waals surface area contributed by atoms with Gasteiger partial charge in [-0.25, -0.2) is 0 Å². The molecule has 1 saturated heterocycles. The minimum Gasteiger partial charge on any atom is -0.488 e. The van der Waals surface area contributed by atoms with E-state index in [1.54, 1.807) is 0 Å². The monoisotopic (exact) mass is 326 g/mol. The van der Waals surface area contributed by atoms with E-state index in [2.05, 4.69) is 5.32 Å². The quantitative estimate of drug-likeness (QED) is 0.863. The first-order valence-electron chi connectivity index (χ1n) is 8.74. The van der Waals surface area contributed by atoms with Gasteiger partial charge in [0.25, 0.3) is 5.91 Å². The fraction of sp³-hybridized carbons (Fsp3) is 0.474. The van der Waals surface area contributed by atoms with Crippen molar-refractivity contribution < 1.29 is 14.3 Å². The average molecular weight is 326 g/mol. The summed E-state index contributed by atoms with van der Waals surface area (Å²) in [5.41, 5.74) is 1.47. The lowest BCUT2D eigenvalue weighted by molar-refractivity contribution is -0.146. The van der Waals surface area contributed by atoms with Crippen molar-refractivity contribution in [2.45, 2.75) is 31.7 Å². The maximum Gasteiger partial charge on any atom is 0.260 e. The van der Waals surface area contributed by atoms with E-state index >= 15 is 0 Å². The number of piperidine rings is 1. The molecule has 1 atom stereocenters. The molecular formula is C19H22N2O3. The Kier molecular flexibility index (Phi) is 4.10. The van der Waals surface area contributed by atoms with E-state index in [4.69, 9.17) is 4.74 Å². The molecule has 1 aromatic rings. The van der Waals surface area contributed by atoms with Gasteiger partial charge < -0.3 is 10.1 Å². The Morgan fingerprint density at radius 1 is 1.17 bits per heavy atom. The molecule has 1 unspecified atom stereocenters. The van der Waals surface area contributed by atoms with Crippen molar-refractivity contribution in [2.75, 3.05) is 19.7 Å². The normalized spacial score (nSPS) is 22.8. The summed E-state index contributed by atoms with van der Waals surface area (Å²) in [7, 11) is 0. The first kappa shape index (κ1) is 15.4. The Morgan fingerprint density at radius 2 is 2.00 bits per heavy atom. The number of nitrogens with zero attached hydrogens (tertiary/aromatic N) is 1. The summed E-state index contributed by atoms with van der Waals surface area (Å²) in [6.07, 6.45) is 5.55. The van der Waals surface area contributed by atoms with Gasteiger partial charge in [0.15, 0.2) is 0 Å². The summed E-state index contributed by atoms with van der Waals surface area (Å²) in [5.74, 6) is 0.507. The molecule has 3 aliphatic rings. The zero-order valence-corrected chi connectivity index (χ0v) is 13.7. The van der Waals surface area contributed by atoms with Crippen LogP contribution in [0.1, 0.15) is 31.2 Å². The summed E-state index contributed by atoms with van der Waals surface area (Å²) in [6.45, 7) is 1.86. The van der Waals surface area contributed by atoms with Crippen LogP contribution in [0, 0.1) is 5.92 Å². The number of ether oxygens (including phenoxy) is 1. The van der Waals surface area contributed by atoms with Gasteiger partial charge in [0.05, 0.1) is 11.5 Å². The molecule has 1 N–H and O–H groups in total. The molecule has 2 amide bonds. The van der Waals surface area contributed by atoms with E-state index in [0.29, 0.717) is 12.1 Å². The van der Waals surface area contributed by atoms with E-state index in [1.165, 1.54) is 4.90 Å². The van der Waals surface area contributed by atoms with Crippen LogP contribution in [0.4, 0.5) is 0 Å². The molecule has 2 fully saturated rings. The molecule has 0 bridgehead atoms. The highest BCUT2D eigenvalue weighted by Crippen LogP contribution is 2.33. The van der Waals surface area contributed by atoms with Gasteiger partial charge in [-0.2, -0.15) is 0 Å². The van der Waals surface area contributed by atoms with Gasteiger partial charge in [-0.1, -0.05) is 18.2 Å². The van der Waals surface area contributed by atoms with Gasteiger partial charge in [0.2, 0.25) is 5.91 Å². The largest absolute Gasteiger partial charge is 0.488 e. The Hall–Kier alpha value is -2.14. The molecule has 5 heteroatoms. The summed E-state index contributed by atoms with van der Waals surface area (Å²) in [5, 5.41) is 3.26. The molecular weight excluding hydrogens is 304 g/mol. The molecule has 126 valence electrons. The fourth-order valence-corrected chi connectivity index (χ4v) is 3.43. The lowest BCUT2D eigenvalue weighted by Gasteiger charge is -2.29. The number of rotatable bonds is 3. The van der Waals surface area contributed by atoms with Crippen molar-refractivity contribution in [1.82, 2.24) is 10.2 Å². The molecule has 0 radical (unpaired) electrons. The van der Waals surface area contributed by atoms with Gasteiger partial charge in [-0.3, -0.25) is 14.5 Å². The van der Waals surface area contributed by atoms with Crippen LogP contribution in [0.5, 0.6) is 5.75 Å². The van der Waals surface area contributed by atoms with Crippen LogP contribution in [-0.2, 0) is 9.59 Å². The van der Waals surface area contributed by atoms with Crippen LogP contribution >= 0.6 is 0 Å². The van der Waals surface area contributed by atoms with Crippen molar-refractivity contribution >= 4 is 17.9 Å². The summed E-state index contributed by atoms with van der Waals surface area (Å²) < 4.78 is 5.69. The Morgan fingerprint density at radius 3 is 2.75 bits per heavy atom. The standard InChI is InChI=1S/C19H22N2O3/c22-18(14-5-3-9-20-11-14)21(16-7-8-16)19(23)15-10-13-4-1-2-6-17(13)24-12-15/h1-2,4,6,10,14,16,20H,3,5,7-9,11-12H2. The number of imide groups is 1. The zero-order valence-electron chi connectivity index (χ0n) is 13.7. The third kappa shape index (κ3) is 2.96. The number of para-hydroxylation sites is 1. The Labute approximate surface area is 141 Å². The molecule has 2 aliphatic heterocycles. The molecule has 2 heterocycles. The van der Waals surface area contributed by atoms with E-state index < -0.39 is 0 Å². The van der Waals surface area contributed by atoms with Gasteiger partial charge in [0.1, 0.15) is 12.4 Å². The topological polar surface area (TPSA) is 58.6 Å². The van der Waals surface area contributed by atoms with Crippen LogP contribution in [-0.4, -0.2) is 42.5 Å². The summed E-state index contributed by atoms with van der Waals surface area (Å²) in [6, 6.07) is 7.73. The number of hydrogen-bond acceptors (Lipinski definition) is 4. The highest BCUT2D eigenvalue weighted by molar-refractivity contribution is 6.08. The van der Waals surface area contributed by atoms with E-state index in [9.17, 15) is 9.59 Å². The van der Waals surface area contributed by atoms with Crippen LogP contribution < -0.4 is 10.1 Å². The van der Waals surface area contributed by atoms with E-state index in [1.807, 2.05) is 30.3 Å². The molecule has 24 heavy (non-hydrogen) atoms. The molecule has 1 saturated carbocycles. The van der Waals surface area contributed by atoms with Crippen LogP contribution in [0.15, 0.2) is 29.8 Å². The third-order valence-electron chi connectivity index (χ3n) is 4.92.